The van der Waals surface area contributed by atoms with Crippen LogP contribution in [0.1, 0.15) is 34.0 Å². The summed E-state index contributed by atoms with van der Waals surface area (Å²) in [4.78, 5) is 32.8. The predicted octanol–water partition coefficient (Wildman–Crippen LogP) is -0.559. The Hall–Kier alpha value is -3.09. The molecule has 1 aromatic heterocycles. The lowest BCUT2D eigenvalue weighted by Gasteiger charge is -2.41. The number of nitrogens with two attached hydrogens (primary N) is 1. The SMILES string of the molecule is N[C@H](Cc1c[nH]cn1)C(=O)N1CC(Oc2ccc3c(c2C(=O)O)O[B-](O)(O)[C@@H]2C[C@H]32)C1. The lowest BCUT2D eigenvalue weighted by atomic mass is 9.68. The van der Waals surface area contributed by atoms with Crippen LogP contribution in [0.4, 0.5) is 0 Å². The number of carboxylic acids is 1. The minimum Gasteiger partial charge on any atom is -0.669 e. The van der Waals surface area contributed by atoms with Gasteiger partial charge >= 0.3 is 12.7 Å². The van der Waals surface area contributed by atoms with E-state index in [2.05, 4.69) is 9.97 Å². The zero-order valence-electron chi connectivity index (χ0n) is 16.5. The van der Waals surface area contributed by atoms with Gasteiger partial charge in [-0.2, -0.15) is 0 Å². The molecule has 2 aliphatic heterocycles. The Kier molecular flexibility index (Phi) is 4.47. The number of likely N-dealkylation sites (tertiary alicyclic amines) is 1. The first kappa shape index (κ1) is 19.9. The third-order valence-corrected chi connectivity index (χ3v) is 6.21. The Labute approximate surface area is 176 Å². The molecule has 164 valence electrons. The minimum atomic E-state index is -3.10. The summed E-state index contributed by atoms with van der Waals surface area (Å²) in [6.45, 7) is -2.57. The van der Waals surface area contributed by atoms with E-state index in [0.29, 0.717) is 24.1 Å². The van der Waals surface area contributed by atoms with Crippen molar-refractivity contribution in [2.75, 3.05) is 13.1 Å². The molecule has 12 heteroatoms. The van der Waals surface area contributed by atoms with Crippen molar-refractivity contribution in [1.29, 1.82) is 0 Å². The van der Waals surface area contributed by atoms with Crippen molar-refractivity contribution >= 4 is 18.6 Å². The monoisotopic (exact) mass is 429 g/mol. The normalized spacial score (nSPS) is 24.3. The van der Waals surface area contributed by atoms with Gasteiger partial charge < -0.3 is 40.2 Å². The van der Waals surface area contributed by atoms with E-state index in [1.54, 1.807) is 23.2 Å². The van der Waals surface area contributed by atoms with Crippen LogP contribution >= 0.6 is 0 Å². The summed E-state index contributed by atoms with van der Waals surface area (Å²) in [5.74, 6) is -2.04. The molecule has 0 unspecified atom stereocenters. The van der Waals surface area contributed by atoms with E-state index in [1.165, 1.54) is 6.33 Å². The zero-order valence-corrected chi connectivity index (χ0v) is 16.5. The molecule has 0 spiro atoms. The Morgan fingerprint density at radius 3 is 2.84 bits per heavy atom. The summed E-state index contributed by atoms with van der Waals surface area (Å²) in [5.41, 5.74) is 7.07. The van der Waals surface area contributed by atoms with Crippen LogP contribution in [0.25, 0.3) is 0 Å². The minimum absolute atomic E-state index is 0.0537. The van der Waals surface area contributed by atoms with Crippen molar-refractivity contribution in [1.82, 2.24) is 14.9 Å². The highest BCUT2D eigenvalue weighted by atomic mass is 16.6. The molecule has 1 saturated carbocycles. The van der Waals surface area contributed by atoms with Crippen LogP contribution in [0.2, 0.25) is 5.82 Å². The van der Waals surface area contributed by atoms with Gasteiger partial charge in [0.1, 0.15) is 17.4 Å². The number of amides is 1. The van der Waals surface area contributed by atoms with Gasteiger partial charge in [-0.3, -0.25) is 4.79 Å². The van der Waals surface area contributed by atoms with Gasteiger partial charge in [-0.25, -0.2) is 9.78 Å². The number of fused-ring (bicyclic) bond motifs is 3. The maximum atomic E-state index is 12.5. The number of aromatic carboxylic acids is 1. The number of rotatable bonds is 6. The van der Waals surface area contributed by atoms with E-state index < -0.39 is 30.7 Å². The summed E-state index contributed by atoms with van der Waals surface area (Å²) in [6, 6.07) is 2.53. The molecule has 1 saturated heterocycles. The number of benzene rings is 1. The van der Waals surface area contributed by atoms with Crippen molar-refractivity contribution in [3.63, 3.8) is 0 Å². The predicted molar refractivity (Wildman–Crippen MR) is 107 cm³/mol. The standard InChI is InChI=1S/C19H22BN4O7/c21-14(3-9-5-22-8-23-9)18(25)24-6-10(7-24)30-15-2-1-11-12-4-13(12)20(28,29)31-17(11)16(15)19(26)27/h1-2,5,8,10,12-14,28-29H,3-4,6-7,21H2,(H,22,23)(H,26,27)/q-1/t12-,13-,14-/m1/s1. The maximum absolute atomic E-state index is 12.5. The Morgan fingerprint density at radius 1 is 1.39 bits per heavy atom. The third-order valence-electron chi connectivity index (χ3n) is 6.21. The second-order valence-electron chi connectivity index (χ2n) is 8.40. The number of carbonyl (C=O) groups is 2. The van der Waals surface area contributed by atoms with Crippen molar-refractivity contribution in [3.05, 3.63) is 41.5 Å². The first-order chi connectivity index (χ1) is 14.7. The van der Waals surface area contributed by atoms with Crippen molar-refractivity contribution in [2.45, 2.75) is 36.7 Å². The van der Waals surface area contributed by atoms with E-state index in [9.17, 15) is 24.7 Å². The molecule has 0 bridgehead atoms. The molecule has 5 rings (SSSR count). The molecule has 2 fully saturated rings. The highest BCUT2D eigenvalue weighted by Crippen LogP contribution is 2.63. The van der Waals surface area contributed by atoms with Crippen LogP contribution in [-0.4, -0.2) is 73.9 Å². The highest BCUT2D eigenvalue weighted by Gasteiger charge is 2.55. The zero-order chi connectivity index (χ0) is 21.9. The largest absolute Gasteiger partial charge is 0.669 e. The molecular formula is C19H22BN4O7-. The molecule has 0 radical (unpaired) electrons. The summed E-state index contributed by atoms with van der Waals surface area (Å²) >= 11 is 0. The number of hydrogen-bond donors (Lipinski definition) is 5. The number of hydrogen-bond acceptors (Lipinski definition) is 8. The number of carboxylic acid groups (broad SMARTS) is 1. The third kappa shape index (κ3) is 3.42. The summed E-state index contributed by atoms with van der Waals surface area (Å²) in [6.07, 6.45) is 3.64. The molecule has 31 heavy (non-hydrogen) atoms. The fraction of sp³-hybridized carbons (Fsp3) is 0.421. The van der Waals surface area contributed by atoms with Crippen molar-refractivity contribution in [2.24, 2.45) is 5.73 Å². The number of ether oxygens (including phenoxy) is 1. The fourth-order valence-corrected chi connectivity index (χ4v) is 4.44. The van der Waals surface area contributed by atoms with Crippen molar-refractivity contribution < 1.29 is 34.1 Å². The smallest absolute Gasteiger partial charge is 0.434 e. The average molecular weight is 429 g/mol. The molecule has 1 aliphatic carbocycles. The second-order valence-corrected chi connectivity index (χ2v) is 8.40. The molecule has 2 aromatic rings. The highest BCUT2D eigenvalue weighted by molar-refractivity contribution is 6.62. The van der Waals surface area contributed by atoms with Gasteiger partial charge in [0.2, 0.25) is 5.91 Å². The van der Waals surface area contributed by atoms with Crippen LogP contribution in [-0.2, 0) is 11.2 Å². The summed E-state index contributed by atoms with van der Waals surface area (Å²) in [7, 11) is 0. The van der Waals surface area contributed by atoms with E-state index >= 15 is 0 Å². The number of aromatic amines is 1. The summed E-state index contributed by atoms with van der Waals surface area (Å²) in [5, 5.41) is 29.9. The number of aromatic nitrogens is 2. The Morgan fingerprint density at radius 2 is 2.16 bits per heavy atom. The van der Waals surface area contributed by atoms with Crippen LogP contribution in [0.15, 0.2) is 24.7 Å². The number of nitrogens with one attached hydrogen (secondary N) is 1. The maximum Gasteiger partial charge on any atom is 0.434 e. The lowest BCUT2D eigenvalue weighted by Crippen LogP contribution is -2.60. The van der Waals surface area contributed by atoms with Gasteiger partial charge in [0.15, 0.2) is 0 Å². The molecule has 3 atom stereocenters. The molecule has 1 amide bonds. The van der Waals surface area contributed by atoms with E-state index in [0.717, 1.165) is 0 Å². The molecule has 3 heterocycles. The van der Waals surface area contributed by atoms with Crippen LogP contribution < -0.4 is 15.1 Å². The number of carbonyl (C=O) groups excluding carboxylic acids is 1. The Bertz CT molecular complexity index is 1040. The topological polar surface area (TPSA) is 171 Å². The fourth-order valence-electron chi connectivity index (χ4n) is 4.44. The van der Waals surface area contributed by atoms with E-state index in [1.807, 2.05) is 0 Å². The molecule has 11 nitrogen and oxygen atoms in total. The first-order valence-corrected chi connectivity index (χ1v) is 10.1. The molecule has 6 N–H and O–H groups in total. The van der Waals surface area contributed by atoms with Crippen LogP contribution in [0.3, 0.4) is 0 Å². The Balaban J connectivity index is 1.27. The van der Waals surface area contributed by atoms with Gasteiger partial charge in [-0.15, -0.1) is 0 Å². The van der Waals surface area contributed by atoms with Gasteiger partial charge in [0.25, 0.3) is 0 Å². The van der Waals surface area contributed by atoms with E-state index in [4.69, 9.17) is 15.1 Å². The molecular weight excluding hydrogens is 407 g/mol. The lowest BCUT2D eigenvalue weighted by molar-refractivity contribution is -0.141. The molecule has 3 aliphatic rings. The van der Waals surface area contributed by atoms with Crippen LogP contribution in [0, 0.1) is 0 Å². The van der Waals surface area contributed by atoms with Gasteiger partial charge in [-0.1, -0.05) is 18.3 Å². The molecule has 1 aromatic carbocycles. The number of H-pyrrole nitrogens is 1. The summed E-state index contributed by atoms with van der Waals surface area (Å²) < 4.78 is 11.1. The van der Waals surface area contributed by atoms with Crippen molar-refractivity contribution in [3.8, 4) is 11.5 Å². The number of imidazole rings is 1. The van der Waals surface area contributed by atoms with Gasteiger partial charge in [0.05, 0.1) is 36.9 Å². The van der Waals surface area contributed by atoms with Crippen LogP contribution in [0.5, 0.6) is 11.5 Å². The average Bonchev–Trinajstić information content (AvgIpc) is 3.34. The van der Waals surface area contributed by atoms with Gasteiger partial charge in [-0.05, 0) is 17.5 Å². The second kappa shape index (κ2) is 6.97. The van der Waals surface area contributed by atoms with E-state index in [-0.39, 0.29) is 42.0 Å². The first-order valence-electron chi connectivity index (χ1n) is 10.1. The van der Waals surface area contributed by atoms with Gasteiger partial charge in [0, 0.05) is 12.6 Å². The quantitative estimate of drug-likeness (QED) is 0.378. The number of nitrogens with zero attached hydrogens (tertiary/aromatic N) is 2.